The average Bonchev–Trinajstić information content (AvgIpc) is 2.90. The predicted molar refractivity (Wildman–Crippen MR) is 132 cm³/mol. The highest BCUT2D eigenvalue weighted by Crippen LogP contribution is 2.32. The van der Waals surface area contributed by atoms with E-state index in [0.29, 0.717) is 61.7 Å². The molecule has 5 rings (SSSR count). The van der Waals surface area contributed by atoms with Gasteiger partial charge in [0.25, 0.3) is 0 Å². The molecular weight excluding hydrogens is 446 g/mol. The third-order valence-electron chi connectivity index (χ3n) is 6.15. The van der Waals surface area contributed by atoms with E-state index in [4.69, 9.17) is 24.2 Å². The van der Waals surface area contributed by atoms with Gasteiger partial charge in [-0.15, -0.1) is 0 Å². The van der Waals surface area contributed by atoms with Crippen LogP contribution >= 0.6 is 0 Å². The van der Waals surface area contributed by atoms with E-state index in [9.17, 15) is 4.79 Å². The van der Waals surface area contributed by atoms with E-state index in [1.54, 1.807) is 18.1 Å². The lowest BCUT2D eigenvalue weighted by Gasteiger charge is -2.32. The van der Waals surface area contributed by atoms with Gasteiger partial charge in [0.1, 0.15) is 11.5 Å². The number of ether oxygens (including phenoxy) is 3. The third-order valence-corrected chi connectivity index (χ3v) is 6.15. The number of carbonyl (C=O) groups excluding carboxylic acids is 1. The van der Waals surface area contributed by atoms with Crippen LogP contribution in [0, 0.1) is 6.92 Å². The number of aromatic nitrogens is 2. The van der Waals surface area contributed by atoms with Crippen LogP contribution in [0.2, 0.25) is 0 Å². The van der Waals surface area contributed by atoms with Gasteiger partial charge in [0, 0.05) is 37.8 Å². The van der Waals surface area contributed by atoms with Gasteiger partial charge in [0.2, 0.25) is 11.8 Å². The molecule has 0 radical (unpaired) electrons. The maximum absolute atomic E-state index is 13.1. The fourth-order valence-electron chi connectivity index (χ4n) is 4.16. The van der Waals surface area contributed by atoms with Gasteiger partial charge in [-0.2, -0.15) is 4.98 Å². The van der Waals surface area contributed by atoms with Crippen molar-refractivity contribution in [2.24, 2.45) is 0 Å². The number of nitrogens with one attached hydrogen (secondary N) is 1. The Hall–Kier alpha value is -3.85. The first-order chi connectivity index (χ1) is 17.1. The predicted octanol–water partition coefficient (Wildman–Crippen LogP) is 4.01. The Morgan fingerprint density at radius 1 is 1.03 bits per heavy atom. The van der Waals surface area contributed by atoms with E-state index in [1.807, 2.05) is 49.4 Å². The van der Waals surface area contributed by atoms with Crippen LogP contribution in [0.4, 0.5) is 16.4 Å². The molecule has 2 aromatic carbocycles. The zero-order valence-electron chi connectivity index (χ0n) is 20.0. The summed E-state index contributed by atoms with van der Waals surface area (Å²) in [7, 11) is 1.60. The van der Waals surface area contributed by atoms with Crippen molar-refractivity contribution >= 4 is 17.7 Å². The molecule has 1 saturated heterocycles. The van der Waals surface area contributed by atoms with Crippen molar-refractivity contribution in [3.63, 3.8) is 0 Å². The van der Waals surface area contributed by atoms with Gasteiger partial charge in [-0.05, 0) is 31.2 Å². The molecule has 2 aliphatic heterocycles. The zero-order valence-corrected chi connectivity index (χ0v) is 20.0. The molecule has 1 fully saturated rings. The Morgan fingerprint density at radius 2 is 1.83 bits per heavy atom. The lowest BCUT2D eigenvalue weighted by atomic mass is 10.1. The lowest BCUT2D eigenvalue weighted by Crippen LogP contribution is -2.41. The van der Waals surface area contributed by atoms with E-state index in [-0.39, 0.29) is 6.03 Å². The summed E-state index contributed by atoms with van der Waals surface area (Å²) in [6, 6.07) is 15.0. The summed E-state index contributed by atoms with van der Waals surface area (Å²) in [6.07, 6.45) is 0.616. The average molecular weight is 476 g/mol. The van der Waals surface area contributed by atoms with Crippen LogP contribution in [-0.2, 0) is 17.7 Å². The number of benzene rings is 2. The van der Waals surface area contributed by atoms with Crippen LogP contribution in [0.15, 0.2) is 48.5 Å². The number of anilines is 2. The van der Waals surface area contributed by atoms with E-state index in [1.165, 1.54) is 0 Å². The number of hydrogen-bond donors (Lipinski definition) is 1. The number of fused-ring (bicyclic) bond motifs is 1. The SMILES string of the molecule is COc1cccc(NC(=O)N2CCc3nc(N4CCOCC4)nc(Oc4ccc(C)cc4)c3C2)c1. The molecule has 9 heteroatoms. The Bertz CT molecular complexity index is 1190. The second-order valence-electron chi connectivity index (χ2n) is 8.60. The molecule has 182 valence electrons. The highest BCUT2D eigenvalue weighted by Gasteiger charge is 2.28. The number of urea groups is 1. The Labute approximate surface area is 204 Å². The van der Waals surface area contributed by atoms with Crippen LogP contribution in [0.1, 0.15) is 16.8 Å². The summed E-state index contributed by atoms with van der Waals surface area (Å²) >= 11 is 0. The largest absolute Gasteiger partial charge is 0.497 e. The molecule has 3 heterocycles. The van der Waals surface area contributed by atoms with Gasteiger partial charge in [0.15, 0.2) is 0 Å². The monoisotopic (exact) mass is 475 g/mol. The van der Waals surface area contributed by atoms with Crippen molar-refractivity contribution in [3.05, 3.63) is 65.4 Å². The van der Waals surface area contributed by atoms with Crippen LogP contribution in [0.25, 0.3) is 0 Å². The number of rotatable bonds is 5. The molecule has 0 unspecified atom stereocenters. The Morgan fingerprint density at radius 3 is 2.60 bits per heavy atom. The smallest absolute Gasteiger partial charge is 0.322 e. The summed E-state index contributed by atoms with van der Waals surface area (Å²) in [5.74, 6) is 2.51. The summed E-state index contributed by atoms with van der Waals surface area (Å²) in [4.78, 5) is 26.6. The number of morpholine rings is 1. The molecule has 3 aromatic rings. The topological polar surface area (TPSA) is 89.1 Å². The second kappa shape index (κ2) is 10.2. The molecule has 0 atom stereocenters. The summed E-state index contributed by atoms with van der Waals surface area (Å²) in [5.41, 5.74) is 3.57. The van der Waals surface area contributed by atoms with Crippen LogP contribution in [0.5, 0.6) is 17.4 Å². The molecule has 2 amide bonds. The van der Waals surface area contributed by atoms with Gasteiger partial charge in [-0.25, -0.2) is 9.78 Å². The van der Waals surface area contributed by atoms with Gasteiger partial charge in [0.05, 0.1) is 38.1 Å². The fraction of sp³-hybridized carbons (Fsp3) is 0.346. The minimum atomic E-state index is -0.192. The Kier molecular flexibility index (Phi) is 6.67. The molecule has 2 aliphatic rings. The van der Waals surface area contributed by atoms with Crippen LogP contribution in [-0.4, -0.2) is 60.9 Å². The first kappa shape index (κ1) is 22.9. The highest BCUT2D eigenvalue weighted by atomic mass is 16.5. The maximum atomic E-state index is 13.1. The summed E-state index contributed by atoms with van der Waals surface area (Å²) in [6.45, 7) is 5.70. The maximum Gasteiger partial charge on any atom is 0.322 e. The lowest BCUT2D eigenvalue weighted by molar-refractivity contribution is 0.122. The molecular formula is C26H29N5O4. The van der Waals surface area contributed by atoms with Crippen molar-refractivity contribution in [3.8, 4) is 17.4 Å². The molecule has 0 saturated carbocycles. The van der Waals surface area contributed by atoms with Gasteiger partial charge in [-0.1, -0.05) is 23.8 Å². The van der Waals surface area contributed by atoms with E-state index in [0.717, 1.165) is 29.9 Å². The number of nitrogens with zero attached hydrogens (tertiary/aromatic N) is 4. The molecule has 0 spiro atoms. The first-order valence-corrected chi connectivity index (χ1v) is 11.8. The van der Waals surface area contributed by atoms with E-state index < -0.39 is 0 Å². The Balaban J connectivity index is 1.41. The van der Waals surface area contributed by atoms with Crippen LogP contribution in [0.3, 0.4) is 0 Å². The first-order valence-electron chi connectivity index (χ1n) is 11.8. The molecule has 1 N–H and O–H groups in total. The van der Waals surface area contributed by atoms with Gasteiger partial charge < -0.3 is 29.3 Å². The number of amides is 2. The number of aryl methyl sites for hydroxylation is 1. The number of carbonyl (C=O) groups is 1. The molecule has 1 aromatic heterocycles. The van der Waals surface area contributed by atoms with Crippen molar-refractivity contribution < 1.29 is 19.0 Å². The van der Waals surface area contributed by atoms with Crippen molar-refractivity contribution in [1.29, 1.82) is 0 Å². The van der Waals surface area contributed by atoms with Crippen LogP contribution < -0.4 is 19.7 Å². The normalized spacial score (nSPS) is 15.4. The summed E-state index contributed by atoms with van der Waals surface area (Å²) in [5, 5.41) is 2.96. The highest BCUT2D eigenvalue weighted by molar-refractivity contribution is 5.89. The van der Waals surface area contributed by atoms with E-state index >= 15 is 0 Å². The zero-order chi connectivity index (χ0) is 24.2. The summed E-state index contributed by atoms with van der Waals surface area (Å²) < 4.78 is 17.0. The van der Waals surface area contributed by atoms with Gasteiger partial charge in [-0.3, -0.25) is 0 Å². The fourth-order valence-corrected chi connectivity index (χ4v) is 4.16. The minimum Gasteiger partial charge on any atom is -0.497 e. The third kappa shape index (κ3) is 5.30. The van der Waals surface area contributed by atoms with Crippen molar-refractivity contribution in [2.45, 2.75) is 19.9 Å². The quantitative estimate of drug-likeness (QED) is 0.596. The molecule has 0 aliphatic carbocycles. The number of methoxy groups -OCH3 is 1. The number of hydrogen-bond acceptors (Lipinski definition) is 7. The van der Waals surface area contributed by atoms with E-state index in [2.05, 4.69) is 10.2 Å². The molecule has 9 nitrogen and oxygen atoms in total. The minimum absolute atomic E-state index is 0.192. The second-order valence-corrected chi connectivity index (χ2v) is 8.60. The van der Waals surface area contributed by atoms with Crippen molar-refractivity contribution in [2.75, 3.05) is 50.2 Å². The molecule has 0 bridgehead atoms. The van der Waals surface area contributed by atoms with Crippen molar-refractivity contribution in [1.82, 2.24) is 14.9 Å². The van der Waals surface area contributed by atoms with Gasteiger partial charge >= 0.3 is 6.03 Å². The molecule has 35 heavy (non-hydrogen) atoms. The standard InChI is InChI=1S/C26H29N5O4/c1-18-6-8-20(9-7-18)35-24-22-17-31(26(32)27-19-4-3-5-21(16-19)33-2)11-10-23(22)28-25(29-24)30-12-14-34-15-13-30/h3-9,16H,10-15,17H2,1-2H3,(H,27,32).